The highest BCUT2D eigenvalue weighted by Gasteiger charge is 2.36. The number of aromatic nitrogens is 1. The summed E-state index contributed by atoms with van der Waals surface area (Å²) in [5, 5.41) is 7.70. The maximum atomic E-state index is 12.9. The van der Waals surface area contributed by atoms with E-state index in [4.69, 9.17) is 0 Å². The molecule has 1 atom stereocenters. The van der Waals surface area contributed by atoms with Crippen LogP contribution in [0.15, 0.2) is 47.8 Å². The molecular weight excluding hydrogens is 408 g/mol. The van der Waals surface area contributed by atoms with Crippen LogP contribution < -0.4 is 10.2 Å². The molecule has 3 aromatic rings. The number of likely N-dealkylation sites (tertiary alicyclic amines) is 1. The number of nitrogens with one attached hydrogen (secondary N) is 1. The molecule has 0 spiro atoms. The third-order valence-corrected chi connectivity index (χ3v) is 6.98. The first-order valence-corrected chi connectivity index (χ1v) is 11.8. The fraction of sp³-hybridized carbons (Fsp3) is 0.375. The molecular formula is C24H26N4O2S. The van der Waals surface area contributed by atoms with Crippen molar-refractivity contribution in [2.24, 2.45) is 5.92 Å². The molecule has 5 rings (SSSR count). The molecule has 160 valence electrons. The molecule has 0 aliphatic carbocycles. The Hall–Kier alpha value is -2.77. The minimum atomic E-state index is -0.374. The molecule has 2 amide bonds. The molecule has 2 aliphatic heterocycles. The Balaban J connectivity index is 1.24. The van der Waals surface area contributed by atoms with Crippen LogP contribution in [0, 0.1) is 5.92 Å². The molecule has 1 aromatic heterocycles. The lowest BCUT2D eigenvalue weighted by Gasteiger charge is -2.25. The zero-order valence-electron chi connectivity index (χ0n) is 17.4. The summed E-state index contributed by atoms with van der Waals surface area (Å²) in [7, 11) is 0. The third-order valence-electron chi connectivity index (χ3n) is 6.17. The Morgan fingerprint density at radius 1 is 1.10 bits per heavy atom. The standard InChI is InChI=1S/C24H26N4O2S/c29-22-13-18(14-28(22)21-10-6-8-17-7-2-3-9-20(17)21)23(30)26-24-25-19(16-31-24)15-27-11-4-1-5-12-27/h2-3,6-10,16,18H,1,4-5,11-15H2,(H,25,26,30). The summed E-state index contributed by atoms with van der Waals surface area (Å²) in [5.74, 6) is -0.516. The van der Waals surface area contributed by atoms with Gasteiger partial charge in [-0.3, -0.25) is 14.5 Å². The number of hydrogen-bond donors (Lipinski definition) is 1. The van der Waals surface area contributed by atoms with Crippen molar-refractivity contribution in [2.45, 2.75) is 32.2 Å². The average molecular weight is 435 g/mol. The highest BCUT2D eigenvalue weighted by molar-refractivity contribution is 7.13. The van der Waals surface area contributed by atoms with Crippen molar-refractivity contribution in [1.82, 2.24) is 9.88 Å². The van der Waals surface area contributed by atoms with Crippen molar-refractivity contribution in [1.29, 1.82) is 0 Å². The SMILES string of the molecule is O=C(Nc1nc(CN2CCCCC2)cs1)C1CC(=O)N(c2cccc3ccccc23)C1. The molecule has 0 saturated carbocycles. The molecule has 3 heterocycles. The van der Waals surface area contributed by atoms with E-state index >= 15 is 0 Å². The number of carbonyl (C=O) groups excluding carboxylic acids is 2. The van der Waals surface area contributed by atoms with Gasteiger partial charge in [0, 0.05) is 30.3 Å². The number of benzene rings is 2. The zero-order valence-corrected chi connectivity index (χ0v) is 18.2. The van der Waals surface area contributed by atoms with Gasteiger partial charge in [0.1, 0.15) is 0 Å². The van der Waals surface area contributed by atoms with E-state index in [1.54, 1.807) is 4.90 Å². The lowest BCUT2D eigenvalue weighted by Crippen LogP contribution is -2.29. The molecule has 1 unspecified atom stereocenters. The number of piperidine rings is 1. The van der Waals surface area contributed by atoms with Crippen LogP contribution in [0.1, 0.15) is 31.4 Å². The summed E-state index contributed by atoms with van der Waals surface area (Å²) < 4.78 is 0. The van der Waals surface area contributed by atoms with Crippen LogP contribution in [0.4, 0.5) is 10.8 Å². The maximum absolute atomic E-state index is 12.9. The fourth-order valence-electron chi connectivity index (χ4n) is 4.55. The van der Waals surface area contributed by atoms with Gasteiger partial charge < -0.3 is 10.2 Å². The number of fused-ring (bicyclic) bond motifs is 1. The second kappa shape index (κ2) is 8.77. The van der Waals surface area contributed by atoms with Gasteiger partial charge in [-0.15, -0.1) is 11.3 Å². The lowest BCUT2D eigenvalue weighted by atomic mass is 10.1. The van der Waals surface area contributed by atoms with Crippen LogP contribution in [-0.2, 0) is 16.1 Å². The molecule has 1 N–H and O–H groups in total. The highest BCUT2D eigenvalue weighted by Crippen LogP contribution is 2.32. The molecule has 0 radical (unpaired) electrons. The van der Waals surface area contributed by atoms with Crippen LogP contribution in [0.5, 0.6) is 0 Å². The zero-order chi connectivity index (χ0) is 21.2. The van der Waals surface area contributed by atoms with E-state index in [1.165, 1.54) is 30.6 Å². The maximum Gasteiger partial charge on any atom is 0.231 e. The summed E-state index contributed by atoms with van der Waals surface area (Å²) in [6, 6.07) is 14.0. The number of anilines is 2. The first-order valence-electron chi connectivity index (χ1n) is 10.9. The Bertz CT molecular complexity index is 1100. The predicted octanol–water partition coefficient (Wildman–Crippen LogP) is 4.27. The highest BCUT2D eigenvalue weighted by atomic mass is 32.1. The second-order valence-electron chi connectivity index (χ2n) is 8.37. The Labute approximate surface area is 185 Å². The smallest absolute Gasteiger partial charge is 0.231 e. The van der Waals surface area contributed by atoms with Crippen molar-refractivity contribution in [3.05, 3.63) is 53.5 Å². The van der Waals surface area contributed by atoms with Gasteiger partial charge in [-0.2, -0.15) is 0 Å². The van der Waals surface area contributed by atoms with Gasteiger partial charge in [0.05, 0.1) is 17.3 Å². The molecule has 2 fully saturated rings. The van der Waals surface area contributed by atoms with Gasteiger partial charge in [-0.05, 0) is 37.4 Å². The lowest BCUT2D eigenvalue weighted by molar-refractivity contribution is -0.122. The molecule has 6 nitrogen and oxygen atoms in total. The topological polar surface area (TPSA) is 65.5 Å². The predicted molar refractivity (Wildman–Crippen MR) is 124 cm³/mol. The van der Waals surface area contributed by atoms with E-state index in [9.17, 15) is 9.59 Å². The molecule has 2 aliphatic rings. The summed E-state index contributed by atoms with van der Waals surface area (Å²) in [6.45, 7) is 3.47. The summed E-state index contributed by atoms with van der Waals surface area (Å²) >= 11 is 1.46. The normalized spacial score (nSPS) is 19.8. The largest absolute Gasteiger partial charge is 0.311 e. The number of amides is 2. The van der Waals surface area contributed by atoms with Crippen LogP contribution in [0.3, 0.4) is 0 Å². The van der Waals surface area contributed by atoms with Gasteiger partial charge in [-0.1, -0.05) is 42.8 Å². The summed E-state index contributed by atoms with van der Waals surface area (Å²) in [4.78, 5) is 34.4. The summed E-state index contributed by atoms with van der Waals surface area (Å²) in [5.41, 5.74) is 1.87. The van der Waals surface area contributed by atoms with Gasteiger partial charge in [0.25, 0.3) is 0 Å². The summed E-state index contributed by atoms with van der Waals surface area (Å²) in [6.07, 6.45) is 4.03. The van der Waals surface area contributed by atoms with Gasteiger partial charge in [-0.25, -0.2) is 4.98 Å². The van der Waals surface area contributed by atoms with Crippen molar-refractivity contribution < 1.29 is 9.59 Å². The van der Waals surface area contributed by atoms with Crippen molar-refractivity contribution >= 4 is 44.7 Å². The quantitative estimate of drug-likeness (QED) is 0.651. The molecule has 31 heavy (non-hydrogen) atoms. The van der Waals surface area contributed by atoms with Crippen LogP contribution in [0.25, 0.3) is 10.8 Å². The minimum absolute atomic E-state index is 0.0126. The Morgan fingerprint density at radius 3 is 2.77 bits per heavy atom. The number of nitrogens with zero attached hydrogens (tertiary/aromatic N) is 3. The number of hydrogen-bond acceptors (Lipinski definition) is 5. The first-order chi connectivity index (χ1) is 15.2. The molecule has 0 bridgehead atoms. The minimum Gasteiger partial charge on any atom is -0.311 e. The number of rotatable bonds is 5. The molecule has 2 saturated heterocycles. The van der Waals surface area contributed by atoms with Gasteiger partial charge >= 0.3 is 0 Å². The van der Waals surface area contributed by atoms with Gasteiger partial charge in [0.15, 0.2) is 5.13 Å². The van der Waals surface area contributed by atoms with E-state index in [0.29, 0.717) is 11.7 Å². The van der Waals surface area contributed by atoms with Crippen LogP contribution in [0.2, 0.25) is 0 Å². The number of thiazole rings is 1. The average Bonchev–Trinajstić information content (AvgIpc) is 3.40. The van der Waals surface area contributed by atoms with E-state index in [2.05, 4.69) is 15.2 Å². The monoisotopic (exact) mass is 434 g/mol. The van der Waals surface area contributed by atoms with Crippen molar-refractivity contribution in [2.75, 3.05) is 29.9 Å². The molecule has 7 heteroatoms. The third kappa shape index (κ3) is 4.34. The van der Waals surface area contributed by atoms with Crippen molar-refractivity contribution in [3.63, 3.8) is 0 Å². The van der Waals surface area contributed by atoms with E-state index < -0.39 is 0 Å². The number of carbonyl (C=O) groups is 2. The van der Waals surface area contributed by atoms with Gasteiger partial charge in [0.2, 0.25) is 11.8 Å². The van der Waals surface area contributed by atoms with E-state index in [-0.39, 0.29) is 24.2 Å². The Morgan fingerprint density at radius 2 is 1.90 bits per heavy atom. The first kappa shape index (κ1) is 20.2. The second-order valence-corrected chi connectivity index (χ2v) is 9.23. The van der Waals surface area contributed by atoms with E-state index in [1.807, 2.05) is 47.8 Å². The molecule has 2 aromatic carbocycles. The van der Waals surface area contributed by atoms with Crippen LogP contribution >= 0.6 is 11.3 Å². The van der Waals surface area contributed by atoms with E-state index in [0.717, 1.165) is 41.8 Å². The van der Waals surface area contributed by atoms with Crippen molar-refractivity contribution in [3.8, 4) is 0 Å². The fourth-order valence-corrected chi connectivity index (χ4v) is 5.26. The van der Waals surface area contributed by atoms with Crippen LogP contribution in [-0.4, -0.2) is 41.3 Å². The Kier molecular flexibility index (Phi) is 5.70.